The van der Waals surface area contributed by atoms with Crippen LogP contribution >= 0.6 is 0 Å². The molecule has 0 unspecified atom stereocenters. The molecule has 1 N–H and O–H groups in total. The van der Waals surface area contributed by atoms with E-state index >= 15 is 0 Å². The standard InChI is InChI=1S/C13H16O2/c1-11(2)7-8-12-5-3-4-6-13(12)15-10-9-14/h3-6,11,14H,9-10H2,1-2H3. The predicted octanol–water partition coefficient (Wildman–Crippen LogP) is 2.07. The van der Waals surface area contributed by atoms with Crippen molar-refractivity contribution >= 4 is 0 Å². The third kappa shape index (κ3) is 4.05. The zero-order valence-corrected chi connectivity index (χ0v) is 9.16. The van der Waals surface area contributed by atoms with Crippen LogP contribution in [0.2, 0.25) is 0 Å². The van der Waals surface area contributed by atoms with Gasteiger partial charge >= 0.3 is 0 Å². The molecule has 1 aromatic rings. The number of aliphatic hydroxyl groups is 1. The first-order valence-electron chi connectivity index (χ1n) is 5.08. The van der Waals surface area contributed by atoms with E-state index in [-0.39, 0.29) is 6.61 Å². The molecule has 1 aromatic carbocycles. The molecule has 0 fully saturated rings. The molecule has 0 saturated heterocycles. The highest BCUT2D eigenvalue weighted by atomic mass is 16.5. The molecule has 0 saturated carbocycles. The maximum absolute atomic E-state index is 8.68. The molecule has 1 rings (SSSR count). The summed E-state index contributed by atoms with van der Waals surface area (Å²) < 4.78 is 5.37. The summed E-state index contributed by atoms with van der Waals surface area (Å²) in [5.74, 6) is 7.23. The monoisotopic (exact) mass is 204 g/mol. The van der Waals surface area contributed by atoms with Gasteiger partial charge in [-0.25, -0.2) is 0 Å². The van der Waals surface area contributed by atoms with Crippen LogP contribution in [0.25, 0.3) is 0 Å². The number of ether oxygens (including phenoxy) is 1. The van der Waals surface area contributed by atoms with Crippen molar-refractivity contribution in [3.63, 3.8) is 0 Å². The van der Waals surface area contributed by atoms with E-state index < -0.39 is 0 Å². The van der Waals surface area contributed by atoms with Gasteiger partial charge in [0.05, 0.1) is 12.2 Å². The fourth-order valence-corrected chi connectivity index (χ4v) is 1.07. The lowest BCUT2D eigenvalue weighted by atomic mass is 10.1. The average molecular weight is 204 g/mol. The molecule has 2 heteroatoms. The van der Waals surface area contributed by atoms with Crippen molar-refractivity contribution in [2.45, 2.75) is 13.8 Å². The van der Waals surface area contributed by atoms with E-state index in [1.165, 1.54) is 0 Å². The van der Waals surface area contributed by atoms with Crippen molar-refractivity contribution in [1.29, 1.82) is 0 Å². The first-order valence-corrected chi connectivity index (χ1v) is 5.08. The van der Waals surface area contributed by atoms with Crippen LogP contribution in [-0.2, 0) is 0 Å². The molecule has 0 radical (unpaired) electrons. The van der Waals surface area contributed by atoms with Crippen molar-refractivity contribution in [3.05, 3.63) is 29.8 Å². The summed E-state index contributed by atoms with van der Waals surface area (Å²) in [7, 11) is 0. The van der Waals surface area contributed by atoms with Crippen molar-refractivity contribution in [1.82, 2.24) is 0 Å². The zero-order chi connectivity index (χ0) is 11.1. The summed E-state index contributed by atoms with van der Waals surface area (Å²) in [6.45, 7) is 4.42. The Bertz CT molecular complexity index is 358. The Kier molecular flexibility index (Phi) is 4.73. The average Bonchev–Trinajstić information content (AvgIpc) is 2.24. The van der Waals surface area contributed by atoms with Crippen LogP contribution in [0.3, 0.4) is 0 Å². The van der Waals surface area contributed by atoms with Crippen LogP contribution in [0.5, 0.6) is 5.75 Å². The van der Waals surface area contributed by atoms with E-state index in [9.17, 15) is 0 Å². The topological polar surface area (TPSA) is 29.5 Å². The summed E-state index contributed by atoms with van der Waals surface area (Å²) in [4.78, 5) is 0. The van der Waals surface area contributed by atoms with Gasteiger partial charge < -0.3 is 9.84 Å². The van der Waals surface area contributed by atoms with Gasteiger partial charge in [0, 0.05) is 5.92 Å². The largest absolute Gasteiger partial charge is 0.490 e. The summed E-state index contributed by atoms with van der Waals surface area (Å²) in [5, 5.41) is 8.68. The van der Waals surface area contributed by atoms with Gasteiger partial charge in [-0.15, -0.1) is 0 Å². The fraction of sp³-hybridized carbons (Fsp3) is 0.385. The molecule has 0 bridgehead atoms. The summed E-state index contributed by atoms with van der Waals surface area (Å²) in [6, 6.07) is 7.60. The van der Waals surface area contributed by atoms with Gasteiger partial charge in [0.2, 0.25) is 0 Å². The molecular weight excluding hydrogens is 188 g/mol. The summed E-state index contributed by atoms with van der Waals surface area (Å²) in [6.07, 6.45) is 0. The Hall–Kier alpha value is -1.46. The molecule has 0 aliphatic carbocycles. The third-order valence-electron chi connectivity index (χ3n) is 1.73. The van der Waals surface area contributed by atoms with Crippen molar-refractivity contribution < 1.29 is 9.84 Å². The zero-order valence-electron chi connectivity index (χ0n) is 9.16. The maximum atomic E-state index is 8.68. The normalized spacial score (nSPS) is 9.60. The van der Waals surface area contributed by atoms with Crippen molar-refractivity contribution in [2.75, 3.05) is 13.2 Å². The lowest BCUT2D eigenvalue weighted by Gasteiger charge is -2.05. The summed E-state index contributed by atoms with van der Waals surface area (Å²) >= 11 is 0. The molecule has 0 heterocycles. The molecule has 15 heavy (non-hydrogen) atoms. The van der Waals surface area contributed by atoms with E-state index in [1.807, 2.05) is 38.1 Å². The number of benzene rings is 1. The van der Waals surface area contributed by atoms with E-state index in [4.69, 9.17) is 9.84 Å². The van der Waals surface area contributed by atoms with E-state index in [0.717, 1.165) is 11.3 Å². The SMILES string of the molecule is CC(C)C#Cc1ccccc1OCCO. The Labute approximate surface area is 90.9 Å². The molecule has 80 valence electrons. The Morgan fingerprint density at radius 2 is 2.07 bits per heavy atom. The van der Waals surface area contributed by atoms with Gasteiger partial charge in [-0.05, 0) is 12.1 Å². The maximum Gasteiger partial charge on any atom is 0.135 e. The minimum Gasteiger partial charge on any atom is -0.490 e. The van der Waals surface area contributed by atoms with Gasteiger partial charge in [0.1, 0.15) is 12.4 Å². The smallest absolute Gasteiger partial charge is 0.135 e. The molecule has 0 aromatic heterocycles. The number of para-hydroxylation sites is 1. The van der Waals surface area contributed by atoms with Gasteiger partial charge in [-0.2, -0.15) is 0 Å². The molecular formula is C13H16O2. The first-order chi connectivity index (χ1) is 7.24. The summed E-state index contributed by atoms with van der Waals surface area (Å²) in [5.41, 5.74) is 0.875. The highest BCUT2D eigenvalue weighted by molar-refractivity contribution is 5.45. The highest BCUT2D eigenvalue weighted by Gasteiger charge is 1.98. The van der Waals surface area contributed by atoms with E-state index in [0.29, 0.717) is 12.5 Å². The second-order valence-electron chi connectivity index (χ2n) is 3.49. The minimum atomic E-state index is 0.0198. The quantitative estimate of drug-likeness (QED) is 0.764. The number of rotatable bonds is 3. The van der Waals surface area contributed by atoms with Crippen molar-refractivity contribution in [3.8, 4) is 17.6 Å². The van der Waals surface area contributed by atoms with E-state index in [2.05, 4.69) is 11.8 Å². The van der Waals surface area contributed by atoms with Gasteiger partial charge in [0.25, 0.3) is 0 Å². The number of hydrogen-bond acceptors (Lipinski definition) is 2. The lowest BCUT2D eigenvalue weighted by Crippen LogP contribution is -2.02. The predicted molar refractivity (Wildman–Crippen MR) is 60.7 cm³/mol. The third-order valence-corrected chi connectivity index (χ3v) is 1.73. The van der Waals surface area contributed by atoms with Crippen LogP contribution in [0.15, 0.2) is 24.3 Å². The number of aliphatic hydroxyl groups excluding tert-OH is 1. The molecule has 0 amide bonds. The molecule has 0 atom stereocenters. The van der Waals surface area contributed by atoms with Gasteiger partial charge in [-0.1, -0.05) is 37.8 Å². The van der Waals surface area contributed by atoms with Crippen molar-refractivity contribution in [2.24, 2.45) is 5.92 Å². The second kappa shape index (κ2) is 6.10. The Morgan fingerprint density at radius 1 is 1.33 bits per heavy atom. The van der Waals surface area contributed by atoms with Gasteiger partial charge in [0.15, 0.2) is 0 Å². The first kappa shape index (κ1) is 11.6. The molecule has 2 nitrogen and oxygen atoms in total. The fourth-order valence-electron chi connectivity index (χ4n) is 1.07. The minimum absolute atomic E-state index is 0.0198. The lowest BCUT2D eigenvalue weighted by molar-refractivity contribution is 0.201. The van der Waals surface area contributed by atoms with Crippen LogP contribution in [0.4, 0.5) is 0 Å². The Balaban J connectivity index is 2.83. The highest BCUT2D eigenvalue weighted by Crippen LogP contribution is 2.16. The van der Waals surface area contributed by atoms with Gasteiger partial charge in [-0.3, -0.25) is 0 Å². The second-order valence-corrected chi connectivity index (χ2v) is 3.49. The van der Waals surface area contributed by atoms with Crippen LogP contribution in [-0.4, -0.2) is 18.3 Å². The van der Waals surface area contributed by atoms with Crippen LogP contribution < -0.4 is 4.74 Å². The molecule has 0 aliphatic heterocycles. The molecule has 0 spiro atoms. The van der Waals surface area contributed by atoms with Crippen LogP contribution in [0, 0.1) is 17.8 Å². The van der Waals surface area contributed by atoms with Crippen LogP contribution in [0.1, 0.15) is 19.4 Å². The Morgan fingerprint density at radius 3 is 2.73 bits per heavy atom. The number of hydrogen-bond donors (Lipinski definition) is 1. The van der Waals surface area contributed by atoms with E-state index in [1.54, 1.807) is 0 Å². The molecule has 0 aliphatic rings.